The van der Waals surface area contributed by atoms with Crippen molar-refractivity contribution in [1.82, 2.24) is 4.98 Å². The van der Waals surface area contributed by atoms with Crippen molar-refractivity contribution in [3.05, 3.63) is 42.6 Å². The van der Waals surface area contributed by atoms with Crippen LogP contribution in [0.1, 0.15) is 20.8 Å². The Hall–Kier alpha value is -2.81. The average molecular weight is 393 g/mol. The third-order valence-corrected chi connectivity index (χ3v) is 4.34. The van der Waals surface area contributed by atoms with Gasteiger partial charge in [0, 0.05) is 11.9 Å². The molecule has 1 aromatic carbocycles. The first-order valence-corrected chi connectivity index (χ1v) is 10.1. The minimum atomic E-state index is -3.88. The van der Waals surface area contributed by atoms with E-state index in [0.717, 1.165) is 0 Å². The second kappa shape index (κ2) is 9.22. The molecule has 0 aliphatic heterocycles. The molecule has 2 rings (SSSR count). The van der Waals surface area contributed by atoms with Crippen molar-refractivity contribution in [2.24, 2.45) is 0 Å². The first kappa shape index (κ1) is 20.5. The molecule has 0 saturated carbocycles. The van der Waals surface area contributed by atoms with E-state index in [4.69, 9.17) is 9.47 Å². The molecule has 2 N–H and O–H groups in total. The van der Waals surface area contributed by atoms with Gasteiger partial charge in [0.05, 0.1) is 12.7 Å². The zero-order valence-electron chi connectivity index (χ0n) is 15.4. The maximum atomic E-state index is 12.2. The molecular weight excluding hydrogens is 370 g/mol. The van der Waals surface area contributed by atoms with Gasteiger partial charge in [0.1, 0.15) is 17.2 Å². The lowest BCUT2D eigenvalue weighted by molar-refractivity contribution is -0.113. The summed E-state index contributed by atoms with van der Waals surface area (Å²) in [5.41, 5.74) is 0.657. The molecule has 27 heavy (non-hydrogen) atoms. The molecule has 0 fully saturated rings. The van der Waals surface area contributed by atoms with E-state index in [1.165, 1.54) is 6.20 Å². The number of benzene rings is 1. The summed E-state index contributed by atoms with van der Waals surface area (Å²) in [7, 11) is -3.88. The first-order chi connectivity index (χ1) is 12.8. The van der Waals surface area contributed by atoms with E-state index in [1.807, 2.05) is 13.8 Å². The highest BCUT2D eigenvalue weighted by Crippen LogP contribution is 2.21. The first-order valence-electron chi connectivity index (χ1n) is 8.44. The summed E-state index contributed by atoms with van der Waals surface area (Å²) in [4.78, 5) is 16.1. The molecule has 0 saturated heterocycles. The van der Waals surface area contributed by atoms with Gasteiger partial charge in [-0.2, -0.15) is 0 Å². The molecular formula is C18H23N3O5S. The second-order valence-corrected chi connectivity index (χ2v) is 7.61. The Morgan fingerprint density at radius 2 is 1.89 bits per heavy atom. The minimum absolute atomic E-state index is 0.0188. The van der Waals surface area contributed by atoms with Gasteiger partial charge in [0.15, 0.2) is 0 Å². The summed E-state index contributed by atoms with van der Waals surface area (Å²) >= 11 is 0. The summed E-state index contributed by atoms with van der Waals surface area (Å²) < 4.78 is 37.6. The summed E-state index contributed by atoms with van der Waals surface area (Å²) in [6.07, 6.45) is 1.54. The number of carbonyl (C=O) groups is 1. The van der Waals surface area contributed by atoms with Gasteiger partial charge < -0.3 is 14.8 Å². The fourth-order valence-electron chi connectivity index (χ4n) is 2.19. The quantitative estimate of drug-likeness (QED) is 0.678. The number of rotatable bonds is 9. The van der Waals surface area contributed by atoms with Gasteiger partial charge in [-0.1, -0.05) is 0 Å². The molecule has 0 atom stereocenters. The van der Waals surface area contributed by atoms with Gasteiger partial charge in [-0.15, -0.1) is 0 Å². The Morgan fingerprint density at radius 3 is 2.52 bits per heavy atom. The number of nitrogens with zero attached hydrogens (tertiary/aromatic N) is 1. The van der Waals surface area contributed by atoms with E-state index < -0.39 is 21.7 Å². The van der Waals surface area contributed by atoms with Crippen LogP contribution in [0.15, 0.2) is 42.6 Å². The maximum absolute atomic E-state index is 12.2. The highest BCUT2D eigenvalue weighted by molar-refractivity contribution is 7.93. The predicted octanol–water partition coefficient (Wildman–Crippen LogP) is 2.65. The number of pyridine rings is 1. The highest BCUT2D eigenvalue weighted by atomic mass is 32.2. The number of ether oxygens (including phenoxy) is 2. The van der Waals surface area contributed by atoms with E-state index >= 15 is 0 Å². The number of sulfonamides is 1. The molecule has 0 aliphatic rings. The second-order valence-electron chi connectivity index (χ2n) is 5.89. The van der Waals surface area contributed by atoms with E-state index in [1.54, 1.807) is 43.3 Å². The molecule has 1 amide bonds. The number of hydrogen-bond acceptors (Lipinski definition) is 6. The SMILES string of the molecule is CCOc1ncccc1NC(=O)CS(=O)(=O)Nc1ccc(OC(C)C)cc1. The van der Waals surface area contributed by atoms with E-state index in [0.29, 0.717) is 23.7 Å². The lowest BCUT2D eigenvalue weighted by Crippen LogP contribution is -2.27. The molecule has 9 heteroatoms. The molecule has 1 aromatic heterocycles. The van der Waals surface area contributed by atoms with Crippen LogP contribution >= 0.6 is 0 Å². The van der Waals surface area contributed by atoms with Crippen molar-refractivity contribution in [2.75, 3.05) is 22.4 Å². The Kier molecular flexibility index (Phi) is 7.00. The molecule has 0 bridgehead atoms. The van der Waals surface area contributed by atoms with Crippen molar-refractivity contribution in [3.8, 4) is 11.6 Å². The Bertz CT molecular complexity index is 867. The van der Waals surface area contributed by atoms with Crippen molar-refractivity contribution < 1.29 is 22.7 Å². The molecule has 0 aliphatic carbocycles. The highest BCUT2D eigenvalue weighted by Gasteiger charge is 2.18. The number of aromatic nitrogens is 1. The van der Waals surface area contributed by atoms with Crippen LogP contribution < -0.4 is 19.5 Å². The average Bonchev–Trinajstić information content (AvgIpc) is 2.57. The van der Waals surface area contributed by atoms with Gasteiger partial charge in [0.25, 0.3) is 0 Å². The zero-order valence-corrected chi connectivity index (χ0v) is 16.2. The van der Waals surface area contributed by atoms with Crippen LogP contribution in [0.4, 0.5) is 11.4 Å². The number of nitrogens with one attached hydrogen (secondary N) is 2. The number of hydrogen-bond donors (Lipinski definition) is 2. The lowest BCUT2D eigenvalue weighted by atomic mass is 10.3. The van der Waals surface area contributed by atoms with Crippen LogP contribution in [0.25, 0.3) is 0 Å². The van der Waals surface area contributed by atoms with E-state index in [-0.39, 0.29) is 12.0 Å². The monoisotopic (exact) mass is 393 g/mol. The summed E-state index contributed by atoms with van der Waals surface area (Å²) in [6, 6.07) is 9.65. The van der Waals surface area contributed by atoms with Crippen LogP contribution in [0, 0.1) is 0 Å². The number of amides is 1. The molecule has 1 heterocycles. The normalized spacial score (nSPS) is 11.1. The van der Waals surface area contributed by atoms with Crippen LogP contribution in [-0.4, -0.2) is 37.8 Å². The standard InChI is InChI=1S/C18H23N3O5S/c1-4-25-18-16(6-5-11-19-18)20-17(22)12-27(23,24)21-14-7-9-15(10-8-14)26-13(2)3/h5-11,13,21H,4,12H2,1-3H3,(H,20,22). The van der Waals surface area contributed by atoms with Crippen LogP contribution in [0.5, 0.6) is 11.6 Å². The topological polar surface area (TPSA) is 107 Å². The molecule has 0 radical (unpaired) electrons. The molecule has 0 spiro atoms. The zero-order chi connectivity index (χ0) is 19.9. The summed E-state index contributed by atoms with van der Waals surface area (Å²) in [6.45, 7) is 5.95. The summed E-state index contributed by atoms with van der Waals surface area (Å²) in [5, 5.41) is 2.50. The fourth-order valence-corrected chi connectivity index (χ4v) is 3.17. The fraction of sp³-hybridized carbons (Fsp3) is 0.333. The maximum Gasteiger partial charge on any atom is 0.241 e. The Balaban J connectivity index is 1.98. The van der Waals surface area contributed by atoms with Gasteiger partial charge in [-0.3, -0.25) is 9.52 Å². The number of anilines is 2. The predicted molar refractivity (Wildman–Crippen MR) is 104 cm³/mol. The lowest BCUT2D eigenvalue weighted by Gasteiger charge is -2.12. The van der Waals surface area contributed by atoms with E-state index in [9.17, 15) is 13.2 Å². The molecule has 0 unspecified atom stereocenters. The van der Waals surface area contributed by atoms with Crippen molar-refractivity contribution in [2.45, 2.75) is 26.9 Å². The van der Waals surface area contributed by atoms with Gasteiger partial charge in [-0.05, 0) is 57.2 Å². The van der Waals surface area contributed by atoms with Crippen LogP contribution in [0.3, 0.4) is 0 Å². The smallest absolute Gasteiger partial charge is 0.241 e. The van der Waals surface area contributed by atoms with Gasteiger partial charge in [0.2, 0.25) is 21.8 Å². The third kappa shape index (κ3) is 6.78. The Labute approximate surface area is 159 Å². The van der Waals surface area contributed by atoms with E-state index in [2.05, 4.69) is 15.0 Å². The van der Waals surface area contributed by atoms with Gasteiger partial charge >= 0.3 is 0 Å². The van der Waals surface area contributed by atoms with Gasteiger partial charge in [-0.25, -0.2) is 13.4 Å². The molecule has 2 aromatic rings. The summed E-state index contributed by atoms with van der Waals surface area (Å²) in [5.74, 6) is -0.570. The van der Waals surface area contributed by atoms with Crippen molar-refractivity contribution in [3.63, 3.8) is 0 Å². The largest absolute Gasteiger partial charge is 0.491 e. The third-order valence-electron chi connectivity index (χ3n) is 3.15. The molecule has 8 nitrogen and oxygen atoms in total. The van der Waals surface area contributed by atoms with Crippen molar-refractivity contribution >= 4 is 27.3 Å². The van der Waals surface area contributed by atoms with Crippen LogP contribution in [-0.2, 0) is 14.8 Å². The number of carbonyl (C=O) groups excluding carboxylic acids is 1. The minimum Gasteiger partial charge on any atom is -0.491 e. The Morgan fingerprint density at radius 1 is 1.19 bits per heavy atom. The molecule has 146 valence electrons. The van der Waals surface area contributed by atoms with Crippen LogP contribution in [0.2, 0.25) is 0 Å². The van der Waals surface area contributed by atoms with Crippen molar-refractivity contribution in [1.29, 1.82) is 0 Å².